The Labute approximate surface area is 259 Å². The Hall–Kier alpha value is -6.06. The highest BCUT2D eigenvalue weighted by Gasteiger charge is 2.23. The van der Waals surface area contributed by atoms with Gasteiger partial charge in [0.25, 0.3) is 0 Å². The second kappa shape index (κ2) is 9.22. The molecule has 0 atom stereocenters. The van der Waals surface area contributed by atoms with E-state index < -0.39 is 0 Å². The first-order chi connectivity index (χ1) is 22.3. The summed E-state index contributed by atoms with van der Waals surface area (Å²) in [5.41, 5.74) is 11.0. The van der Waals surface area contributed by atoms with Gasteiger partial charge in [-0.3, -0.25) is 0 Å². The van der Waals surface area contributed by atoms with Crippen molar-refractivity contribution in [3.05, 3.63) is 158 Å². The number of fused-ring (bicyclic) bond motifs is 6. The molecule has 0 aliphatic carbocycles. The standard InChI is InChI=1S/C42H26N2O/c1-3-10-27(11-4-1)28-18-21-31(22-19-28)43(30-13-5-2-6-14-30)32-23-24-37-35(26-32)42-41-40-38(45-42)25-20-29-12-9-16-34(39(29)40)33-15-7-8-17-36(33)44(37)41/h1-26H. The molecule has 3 aromatic heterocycles. The molecule has 3 nitrogen and oxygen atoms in total. The zero-order chi connectivity index (χ0) is 29.5. The average molecular weight is 575 g/mol. The molecular weight excluding hydrogens is 548 g/mol. The third-order valence-electron chi connectivity index (χ3n) is 9.30. The van der Waals surface area contributed by atoms with Gasteiger partial charge in [-0.1, -0.05) is 103 Å². The lowest BCUT2D eigenvalue weighted by Crippen LogP contribution is -2.09. The second-order valence-electron chi connectivity index (χ2n) is 11.8. The summed E-state index contributed by atoms with van der Waals surface area (Å²) in [6, 6.07) is 56.4. The van der Waals surface area contributed by atoms with Crippen LogP contribution < -0.4 is 4.90 Å². The SMILES string of the molecule is c1ccc(-c2ccc(N(c3ccccc3)c3ccc4c(c3)c3oc5ccc6cccc7c8ccccc8n4c3c5c67)cc2)cc1. The number of para-hydroxylation sites is 2. The number of anilines is 3. The number of aromatic nitrogens is 1. The maximum Gasteiger partial charge on any atom is 0.161 e. The molecule has 3 heteroatoms. The van der Waals surface area contributed by atoms with Gasteiger partial charge in [-0.05, 0) is 76.5 Å². The lowest BCUT2D eigenvalue weighted by atomic mass is 10.0. The van der Waals surface area contributed by atoms with E-state index in [9.17, 15) is 0 Å². The number of furan rings is 1. The average Bonchev–Trinajstić information content (AvgIpc) is 3.59. The molecule has 0 saturated heterocycles. The Kier molecular flexibility index (Phi) is 5.00. The third kappa shape index (κ3) is 3.46. The minimum absolute atomic E-state index is 0.922. The summed E-state index contributed by atoms with van der Waals surface area (Å²) in [5, 5.41) is 7.25. The van der Waals surface area contributed by atoms with Crippen molar-refractivity contribution in [2.24, 2.45) is 0 Å². The van der Waals surface area contributed by atoms with Crippen molar-refractivity contribution in [1.29, 1.82) is 0 Å². The molecule has 10 rings (SSSR count). The van der Waals surface area contributed by atoms with Crippen LogP contribution in [0.25, 0.3) is 71.2 Å². The molecule has 45 heavy (non-hydrogen) atoms. The van der Waals surface area contributed by atoms with E-state index in [-0.39, 0.29) is 0 Å². The van der Waals surface area contributed by atoms with Crippen molar-refractivity contribution in [1.82, 2.24) is 4.40 Å². The number of rotatable bonds is 4. The smallest absolute Gasteiger partial charge is 0.161 e. The van der Waals surface area contributed by atoms with E-state index in [1.807, 2.05) is 0 Å². The summed E-state index contributed by atoms with van der Waals surface area (Å²) in [7, 11) is 0. The van der Waals surface area contributed by atoms with Gasteiger partial charge in [-0.2, -0.15) is 0 Å². The molecule has 0 N–H and O–H groups in total. The van der Waals surface area contributed by atoms with Gasteiger partial charge in [0.1, 0.15) is 11.1 Å². The van der Waals surface area contributed by atoms with E-state index in [4.69, 9.17) is 4.42 Å². The van der Waals surface area contributed by atoms with Crippen LogP contribution in [0.1, 0.15) is 0 Å². The van der Waals surface area contributed by atoms with E-state index in [0.29, 0.717) is 0 Å². The molecule has 0 fully saturated rings. The van der Waals surface area contributed by atoms with Crippen LogP contribution in [0.2, 0.25) is 0 Å². The number of hydrogen-bond acceptors (Lipinski definition) is 2. The summed E-state index contributed by atoms with van der Waals surface area (Å²) >= 11 is 0. The van der Waals surface area contributed by atoms with Crippen LogP contribution in [-0.2, 0) is 0 Å². The van der Waals surface area contributed by atoms with Crippen LogP contribution in [0.3, 0.4) is 0 Å². The van der Waals surface area contributed by atoms with Gasteiger partial charge in [0.2, 0.25) is 0 Å². The fraction of sp³-hybridized carbons (Fsp3) is 0. The predicted octanol–water partition coefficient (Wildman–Crippen LogP) is 11.9. The van der Waals surface area contributed by atoms with E-state index in [2.05, 4.69) is 167 Å². The Balaban J connectivity index is 1.26. The second-order valence-corrected chi connectivity index (χ2v) is 11.8. The molecule has 210 valence electrons. The van der Waals surface area contributed by atoms with Gasteiger partial charge in [0.15, 0.2) is 5.58 Å². The van der Waals surface area contributed by atoms with E-state index in [0.717, 1.165) is 44.6 Å². The molecule has 0 amide bonds. The van der Waals surface area contributed by atoms with E-state index in [1.165, 1.54) is 43.6 Å². The maximum absolute atomic E-state index is 6.77. The normalized spacial score (nSPS) is 12.0. The van der Waals surface area contributed by atoms with Crippen LogP contribution >= 0.6 is 0 Å². The van der Waals surface area contributed by atoms with Gasteiger partial charge in [-0.25, -0.2) is 0 Å². The summed E-state index contributed by atoms with van der Waals surface area (Å²) in [5.74, 6) is 0. The van der Waals surface area contributed by atoms with Crippen LogP contribution in [-0.4, -0.2) is 4.40 Å². The van der Waals surface area contributed by atoms with Crippen LogP contribution in [0, 0.1) is 0 Å². The molecule has 0 radical (unpaired) electrons. The zero-order valence-electron chi connectivity index (χ0n) is 24.3. The first-order valence-electron chi connectivity index (χ1n) is 15.4. The topological polar surface area (TPSA) is 20.8 Å². The Morgan fingerprint density at radius 3 is 1.96 bits per heavy atom. The highest BCUT2D eigenvalue weighted by atomic mass is 16.3. The summed E-state index contributed by atoms with van der Waals surface area (Å²) < 4.78 is 9.18. The molecule has 0 saturated carbocycles. The highest BCUT2D eigenvalue weighted by molar-refractivity contribution is 6.31. The number of benzene rings is 7. The fourth-order valence-corrected chi connectivity index (χ4v) is 7.34. The Bertz CT molecular complexity index is 2680. The largest absolute Gasteiger partial charge is 0.454 e. The highest BCUT2D eigenvalue weighted by Crippen LogP contribution is 2.46. The Morgan fingerprint density at radius 2 is 1.11 bits per heavy atom. The fourth-order valence-electron chi connectivity index (χ4n) is 7.34. The molecule has 3 heterocycles. The summed E-state index contributed by atoms with van der Waals surface area (Å²) in [6.07, 6.45) is 0. The number of hydrogen-bond donors (Lipinski definition) is 0. The molecule has 0 aliphatic heterocycles. The van der Waals surface area contributed by atoms with Gasteiger partial charge >= 0.3 is 0 Å². The van der Waals surface area contributed by atoms with Crippen molar-refractivity contribution < 1.29 is 4.42 Å². The molecule has 0 aliphatic rings. The minimum Gasteiger partial charge on any atom is -0.454 e. The van der Waals surface area contributed by atoms with Crippen molar-refractivity contribution >= 4 is 77.1 Å². The molecule has 10 aromatic rings. The Morgan fingerprint density at radius 1 is 0.444 bits per heavy atom. The van der Waals surface area contributed by atoms with Crippen molar-refractivity contribution in [2.45, 2.75) is 0 Å². The van der Waals surface area contributed by atoms with Gasteiger partial charge in [0, 0.05) is 33.2 Å². The van der Waals surface area contributed by atoms with Gasteiger partial charge < -0.3 is 13.7 Å². The molecule has 7 aromatic carbocycles. The molecule has 0 bridgehead atoms. The first-order valence-corrected chi connectivity index (χ1v) is 15.4. The van der Waals surface area contributed by atoms with Crippen LogP contribution in [0.15, 0.2) is 162 Å². The lowest BCUT2D eigenvalue weighted by Gasteiger charge is -2.25. The lowest BCUT2D eigenvalue weighted by molar-refractivity contribution is 0.673. The maximum atomic E-state index is 6.77. The van der Waals surface area contributed by atoms with E-state index in [1.54, 1.807) is 0 Å². The monoisotopic (exact) mass is 574 g/mol. The summed E-state index contributed by atoms with van der Waals surface area (Å²) in [4.78, 5) is 2.33. The van der Waals surface area contributed by atoms with Gasteiger partial charge in [-0.15, -0.1) is 0 Å². The molecule has 0 unspecified atom stereocenters. The molecule has 0 spiro atoms. The summed E-state index contributed by atoms with van der Waals surface area (Å²) in [6.45, 7) is 0. The van der Waals surface area contributed by atoms with Gasteiger partial charge in [0.05, 0.1) is 16.4 Å². The zero-order valence-corrected chi connectivity index (χ0v) is 24.3. The first kappa shape index (κ1) is 24.4. The van der Waals surface area contributed by atoms with Crippen molar-refractivity contribution in [3.63, 3.8) is 0 Å². The van der Waals surface area contributed by atoms with E-state index >= 15 is 0 Å². The third-order valence-corrected chi connectivity index (χ3v) is 9.30. The quantitative estimate of drug-likeness (QED) is 0.208. The number of nitrogens with zero attached hydrogens (tertiary/aromatic N) is 2. The minimum atomic E-state index is 0.922. The van der Waals surface area contributed by atoms with Crippen molar-refractivity contribution in [2.75, 3.05) is 4.90 Å². The van der Waals surface area contributed by atoms with Crippen LogP contribution in [0.4, 0.5) is 17.1 Å². The predicted molar refractivity (Wildman–Crippen MR) is 188 cm³/mol. The molecular formula is C42H26N2O. The van der Waals surface area contributed by atoms with Crippen molar-refractivity contribution in [3.8, 4) is 11.1 Å². The van der Waals surface area contributed by atoms with Crippen LogP contribution in [0.5, 0.6) is 0 Å².